The van der Waals surface area contributed by atoms with Crippen molar-refractivity contribution in [2.24, 2.45) is 0 Å². The van der Waals surface area contributed by atoms with E-state index in [1.807, 2.05) is 47.9 Å². The Balaban J connectivity index is 1.54. The molecule has 0 saturated carbocycles. The van der Waals surface area contributed by atoms with E-state index in [4.69, 9.17) is 0 Å². The highest BCUT2D eigenvalue weighted by molar-refractivity contribution is 5.95. The van der Waals surface area contributed by atoms with E-state index in [0.717, 1.165) is 16.7 Å². The molecule has 1 aliphatic heterocycles. The van der Waals surface area contributed by atoms with E-state index in [1.54, 1.807) is 12.1 Å². The molecular formula is C22H25FN2O2. The van der Waals surface area contributed by atoms with Crippen LogP contribution in [0.3, 0.4) is 0 Å². The number of benzene rings is 2. The van der Waals surface area contributed by atoms with Crippen LogP contribution in [-0.2, 0) is 4.79 Å². The number of aryl methyl sites for hydroxylation is 1. The molecule has 1 heterocycles. The van der Waals surface area contributed by atoms with E-state index >= 15 is 0 Å². The summed E-state index contributed by atoms with van der Waals surface area (Å²) in [6.45, 7) is 6.10. The van der Waals surface area contributed by atoms with E-state index in [-0.39, 0.29) is 23.5 Å². The Labute approximate surface area is 159 Å². The average molecular weight is 368 g/mol. The number of hydrogen-bond donors (Lipinski definition) is 0. The number of hydrogen-bond acceptors (Lipinski definition) is 2. The first kappa shape index (κ1) is 19.1. The van der Waals surface area contributed by atoms with E-state index in [0.29, 0.717) is 32.6 Å². The molecule has 2 amide bonds. The lowest BCUT2D eigenvalue weighted by molar-refractivity contribution is -0.133. The fraction of sp³-hybridized carbons (Fsp3) is 0.364. The molecule has 3 rings (SSSR count). The molecule has 0 aliphatic carbocycles. The number of amides is 2. The van der Waals surface area contributed by atoms with E-state index < -0.39 is 0 Å². The molecule has 2 aromatic rings. The third kappa shape index (κ3) is 4.54. The maximum absolute atomic E-state index is 13.0. The molecular weight excluding hydrogens is 343 g/mol. The molecule has 1 atom stereocenters. The van der Waals surface area contributed by atoms with Crippen molar-refractivity contribution in [1.82, 2.24) is 9.80 Å². The Morgan fingerprint density at radius 1 is 0.963 bits per heavy atom. The summed E-state index contributed by atoms with van der Waals surface area (Å²) in [5.41, 5.74) is 2.65. The lowest BCUT2D eigenvalue weighted by Gasteiger charge is -2.35. The van der Waals surface area contributed by atoms with Crippen molar-refractivity contribution < 1.29 is 14.0 Å². The van der Waals surface area contributed by atoms with Gasteiger partial charge in [0.1, 0.15) is 5.82 Å². The molecule has 1 aliphatic rings. The van der Waals surface area contributed by atoms with Gasteiger partial charge in [-0.25, -0.2) is 4.39 Å². The van der Waals surface area contributed by atoms with Gasteiger partial charge in [-0.05, 0) is 42.2 Å². The van der Waals surface area contributed by atoms with E-state index in [2.05, 4.69) is 0 Å². The zero-order valence-corrected chi connectivity index (χ0v) is 15.8. The smallest absolute Gasteiger partial charge is 0.254 e. The number of halogens is 1. The Kier molecular flexibility index (Phi) is 5.89. The van der Waals surface area contributed by atoms with Crippen molar-refractivity contribution in [3.8, 4) is 0 Å². The molecule has 0 aromatic heterocycles. The lowest BCUT2D eigenvalue weighted by Crippen LogP contribution is -2.50. The van der Waals surface area contributed by atoms with Gasteiger partial charge in [0, 0.05) is 38.2 Å². The van der Waals surface area contributed by atoms with Crippen molar-refractivity contribution in [1.29, 1.82) is 0 Å². The van der Waals surface area contributed by atoms with Crippen LogP contribution in [0.2, 0.25) is 0 Å². The Bertz CT molecular complexity index is 811. The predicted octanol–water partition coefficient (Wildman–Crippen LogP) is 3.61. The lowest BCUT2D eigenvalue weighted by atomic mass is 9.97. The SMILES string of the molecule is Cc1ccccc1C(=O)N1CCN(C(=O)CC(C)c2ccc(F)cc2)CC1. The molecule has 0 spiro atoms. The third-order valence-electron chi connectivity index (χ3n) is 5.21. The van der Waals surface area contributed by atoms with Gasteiger partial charge in [0.15, 0.2) is 0 Å². The molecule has 1 unspecified atom stereocenters. The first-order valence-electron chi connectivity index (χ1n) is 9.34. The molecule has 27 heavy (non-hydrogen) atoms. The molecule has 4 nitrogen and oxygen atoms in total. The zero-order valence-electron chi connectivity index (χ0n) is 15.8. The minimum Gasteiger partial charge on any atom is -0.339 e. The van der Waals surface area contributed by atoms with Crippen LogP contribution in [0.5, 0.6) is 0 Å². The van der Waals surface area contributed by atoms with Gasteiger partial charge in [-0.3, -0.25) is 9.59 Å². The summed E-state index contributed by atoms with van der Waals surface area (Å²) in [5.74, 6) is -0.133. The molecule has 0 N–H and O–H groups in total. The molecule has 1 fully saturated rings. The van der Waals surface area contributed by atoms with Gasteiger partial charge in [0.05, 0.1) is 0 Å². The fourth-order valence-corrected chi connectivity index (χ4v) is 3.44. The van der Waals surface area contributed by atoms with E-state index in [9.17, 15) is 14.0 Å². The topological polar surface area (TPSA) is 40.6 Å². The van der Waals surface area contributed by atoms with Crippen molar-refractivity contribution in [2.45, 2.75) is 26.2 Å². The first-order chi connectivity index (χ1) is 13.0. The summed E-state index contributed by atoms with van der Waals surface area (Å²) in [6, 6.07) is 13.9. The van der Waals surface area contributed by atoms with Gasteiger partial charge in [-0.15, -0.1) is 0 Å². The van der Waals surface area contributed by atoms with Gasteiger partial charge in [0.2, 0.25) is 5.91 Å². The summed E-state index contributed by atoms with van der Waals surface area (Å²) in [5, 5.41) is 0. The van der Waals surface area contributed by atoms with Gasteiger partial charge >= 0.3 is 0 Å². The minimum atomic E-state index is -0.272. The van der Waals surface area contributed by atoms with Crippen LogP contribution in [0.1, 0.15) is 40.7 Å². The molecule has 142 valence electrons. The van der Waals surface area contributed by atoms with Gasteiger partial charge in [-0.1, -0.05) is 37.3 Å². The van der Waals surface area contributed by atoms with Crippen molar-refractivity contribution in [3.05, 3.63) is 71.0 Å². The summed E-state index contributed by atoms with van der Waals surface area (Å²) in [7, 11) is 0. The normalized spacial score (nSPS) is 15.5. The number of carbonyl (C=O) groups is 2. The fourth-order valence-electron chi connectivity index (χ4n) is 3.44. The molecule has 1 saturated heterocycles. The number of nitrogens with zero attached hydrogens (tertiary/aromatic N) is 2. The van der Waals surface area contributed by atoms with Gasteiger partial charge < -0.3 is 9.80 Å². The van der Waals surface area contributed by atoms with Crippen LogP contribution in [0, 0.1) is 12.7 Å². The molecule has 0 radical (unpaired) electrons. The summed E-state index contributed by atoms with van der Waals surface area (Å²) >= 11 is 0. The average Bonchev–Trinajstić information content (AvgIpc) is 2.68. The summed E-state index contributed by atoms with van der Waals surface area (Å²) < 4.78 is 13.0. The van der Waals surface area contributed by atoms with Crippen LogP contribution in [0.15, 0.2) is 48.5 Å². The molecule has 2 aromatic carbocycles. The standard InChI is InChI=1S/C22H25FN2O2/c1-16-5-3-4-6-20(16)22(27)25-13-11-24(12-14-25)21(26)15-17(2)18-7-9-19(23)10-8-18/h3-10,17H,11-15H2,1-2H3. The third-order valence-corrected chi connectivity index (χ3v) is 5.21. The second-order valence-electron chi connectivity index (χ2n) is 7.14. The molecule has 5 heteroatoms. The number of rotatable bonds is 4. The maximum atomic E-state index is 13.0. The Morgan fingerprint density at radius 3 is 2.19 bits per heavy atom. The molecule has 0 bridgehead atoms. The quantitative estimate of drug-likeness (QED) is 0.827. The highest BCUT2D eigenvalue weighted by Gasteiger charge is 2.26. The van der Waals surface area contributed by atoms with Gasteiger partial charge in [0.25, 0.3) is 5.91 Å². The zero-order chi connectivity index (χ0) is 19.4. The number of piperazine rings is 1. The first-order valence-corrected chi connectivity index (χ1v) is 9.34. The van der Waals surface area contributed by atoms with Crippen molar-refractivity contribution >= 4 is 11.8 Å². The van der Waals surface area contributed by atoms with Crippen molar-refractivity contribution in [3.63, 3.8) is 0 Å². The largest absolute Gasteiger partial charge is 0.339 e. The predicted molar refractivity (Wildman–Crippen MR) is 103 cm³/mol. The van der Waals surface area contributed by atoms with Crippen molar-refractivity contribution in [2.75, 3.05) is 26.2 Å². The monoisotopic (exact) mass is 368 g/mol. The van der Waals surface area contributed by atoms with E-state index in [1.165, 1.54) is 12.1 Å². The second-order valence-corrected chi connectivity index (χ2v) is 7.14. The van der Waals surface area contributed by atoms with Gasteiger partial charge in [-0.2, -0.15) is 0 Å². The number of carbonyl (C=O) groups excluding carboxylic acids is 2. The minimum absolute atomic E-state index is 0.0277. The highest BCUT2D eigenvalue weighted by Crippen LogP contribution is 2.21. The summed E-state index contributed by atoms with van der Waals surface area (Å²) in [4.78, 5) is 28.9. The maximum Gasteiger partial charge on any atom is 0.254 e. The van der Waals surface area contributed by atoms with Crippen LogP contribution in [0.25, 0.3) is 0 Å². The Hall–Kier alpha value is -2.69. The van der Waals surface area contributed by atoms with Crippen LogP contribution in [0.4, 0.5) is 4.39 Å². The van der Waals surface area contributed by atoms with Crippen LogP contribution < -0.4 is 0 Å². The highest BCUT2D eigenvalue weighted by atomic mass is 19.1. The van der Waals surface area contributed by atoms with Crippen LogP contribution in [-0.4, -0.2) is 47.8 Å². The summed E-state index contributed by atoms with van der Waals surface area (Å²) in [6.07, 6.45) is 0.386. The second kappa shape index (κ2) is 8.33. The Morgan fingerprint density at radius 2 is 1.56 bits per heavy atom. The van der Waals surface area contributed by atoms with Crippen LogP contribution >= 0.6 is 0 Å².